The number of ether oxygens (including phenoxy) is 6. The van der Waals surface area contributed by atoms with E-state index in [0.29, 0.717) is 12.4 Å². The van der Waals surface area contributed by atoms with Gasteiger partial charge in [0.1, 0.15) is 28.7 Å². The van der Waals surface area contributed by atoms with Gasteiger partial charge in [-0.05, 0) is 109 Å². The van der Waals surface area contributed by atoms with Crippen LogP contribution in [0.15, 0.2) is 78.9 Å². The Bertz CT molecular complexity index is 1490. The van der Waals surface area contributed by atoms with E-state index in [9.17, 15) is 5.11 Å². The molecular weight excluding hydrogens is 544 g/mol. The Labute approximate surface area is 253 Å². The summed E-state index contributed by atoms with van der Waals surface area (Å²) in [5.41, 5.74) is 5.91. The molecule has 0 aromatic heterocycles. The van der Waals surface area contributed by atoms with Crippen molar-refractivity contribution in [1.82, 2.24) is 0 Å². The third-order valence-corrected chi connectivity index (χ3v) is 7.65. The molecule has 226 valence electrons. The van der Waals surface area contributed by atoms with E-state index in [1.807, 2.05) is 60.7 Å². The van der Waals surface area contributed by atoms with E-state index in [0.717, 1.165) is 95.1 Å². The van der Waals surface area contributed by atoms with Gasteiger partial charge < -0.3 is 33.5 Å². The molecule has 1 heterocycles. The molecule has 1 fully saturated rings. The summed E-state index contributed by atoms with van der Waals surface area (Å²) in [4.78, 5) is 0. The molecule has 5 rings (SSSR count). The first-order valence-corrected chi connectivity index (χ1v) is 14.7. The van der Waals surface area contributed by atoms with Crippen LogP contribution in [-0.4, -0.2) is 39.3 Å². The van der Waals surface area contributed by atoms with Gasteiger partial charge in [-0.25, -0.2) is 0 Å². The molecular formula is C36H40O7. The molecule has 1 unspecified atom stereocenters. The van der Waals surface area contributed by atoms with Gasteiger partial charge in [0.15, 0.2) is 6.29 Å². The Balaban J connectivity index is 1.38. The molecule has 0 radical (unpaired) electrons. The van der Waals surface area contributed by atoms with E-state index in [2.05, 4.69) is 18.2 Å². The molecule has 1 atom stereocenters. The minimum Gasteiger partial charge on any atom is -0.497 e. The van der Waals surface area contributed by atoms with Crippen molar-refractivity contribution in [1.29, 1.82) is 0 Å². The Kier molecular flexibility index (Phi) is 10.6. The van der Waals surface area contributed by atoms with Crippen molar-refractivity contribution in [3.05, 3.63) is 101 Å². The molecule has 1 aliphatic heterocycles. The third kappa shape index (κ3) is 7.87. The normalized spacial score (nSPS) is 14.7. The predicted octanol–water partition coefficient (Wildman–Crippen LogP) is 7.49. The number of hydrogen-bond donors (Lipinski definition) is 1. The Hall–Kier alpha value is -4.04. The fourth-order valence-corrected chi connectivity index (χ4v) is 5.30. The van der Waals surface area contributed by atoms with Crippen LogP contribution in [0, 0.1) is 0 Å². The summed E-state index contributed by atoms with van der Waals surface area (Å²) in [6, 6.07) is 25.7. The van der Waals surface area contributed by atoms with Crippen LogP contribution in [0.25, 0.3) is 11.1 Å². The van der Waals surface area contributed by atoms with Crippen molar-refractivity contribution < 1.29 is 33.5 Å². The van der Waals surface area contributed by atoms with Crippen LogP contribution in [0.5, 0.6) is 28.7 Å². The average molecular weight is 585 g/mol. The lowest BCUT2D eigenvalue weighted by atomic mass is 9.96. The molecule has 1 aliphatic rings. The van der Waals surface area contributed by atoms with Gasteiger partial charge in [-0.1, -0.05) is 24.3 Å². The fourth-order valence-electron chi connectivity index (χ4n) is 5.30. The maximum Gasteiger partial charge on any atom is 0.158 e. The van der Waals surface area contributed by atoms with Crippen molar-refractivity contribution in [2.45, 2.75) is 51.6 Å². The molecule has 0 spiro atoms. The minimum absolute atomic E-state index is 0.0396. The number of aliphatic hydroxyl groups excluding tert-OH is 1. The first kappa shape index (κ1) is 30.4. The molecule has 0 aliphatic carbocycles. The Morgan fingerprint density at radius 3 is 2.14 bits per heavy atom. The molecule has 1 saturated heterocycles. The summed E-state index contributed by atoms with van der Waals surface area (Å²) in [5.74, 6) is 3.73. The van der Waals surface area contributed by atoms with E-state index < -0.39 is 0 Å². The lowest BCUT2D eigenvalue weighted by Gasteiger charge is -2.23. The van der Waals surface area contributed by atoms with Crippen LogP contribution < -0.4 is 18.9 Å². The summed E-state index contributed by atoms with van der Waals surface area (Å²) < 4.78 is 35.1. The third-order valence-electron chi connectivity index (χ3n) is 7.65. The van der Waals surface area contributed by atoms with Gasteiger partial charge in [-0.3, -0.25) is 0 Å². The molecule has 4 aromatic carbocycles. The summed E-state index contributed by atoms with van der Waals surface area (Å²) in [6.07, 6.45) is 4.48. The van der Waals surface area contributed by atoms with E-state index in [4.69, 9.17) is 28.4 Å². The second kappa shape index (κ2) is 14.9. The standard InChI is InChI=1S/C36H40O7/c1-38-29-14-17-33(43-30-8-6-7-26(19-30)23-37)28(22-29)13-10-25-11-15-34(39-2)31(20-25)32-21-27(12-16-35(32)40-3)24-42-36-9-4-5-18-41-36/h6-8,11-12,14-17,19-22,36-37H,4-5,9-10,13,18,23-24H2,1-3H3. The summed E-state index contributed by atoms with van der Waals surface area (Å²) in [7, 11) is 5.03. The molecule has 0 saturated carbocycles. The van der Waals surface area contributed by atoms with Gasteiger partial charge in [0.2, 0.25) is 0 Å². The van der Waals surface area contributed by atoms with Gasteiger partial charge in [0.05, 0.1) is 34.5 Å². The van der Waals surface area contributed by atoms with Crippen molar-refractivity contribution in [3.8, 4) is 39.9 Å². The van der Waals surface area contributed by atoms with E-state index in [1.165, 1.54) is 0 Å². The van der Waals surface area contributed by atoms with Gasteiger partial charge in [0.25, 0.3) is 0 Å². The van der Waals surface area contributed by atoms with Crippen molar-refractivity contribution >= 4 is 0 Å². The van der Waals surface area contributed by atoms with Gasteiger partial charge in [-0.2, -0.15) is 0 Å². The summed E-state index contributed by atoms with van der Waals surface area (Å²) >= 11 is 0. The lowest BCUT2D eigenvalue weighted by Crippen LogP contribution is -2.22. The highest BCUT2D eigenvalue weighted by Gasteiger charge is 2.17. The number of aliphatic hydroxyl groups is 1. The number of methoxy groups -OCH3 is 3. The summed E-state index contributed by atoms with van der Waals surface area (Å²) in [6.45, 7) is 1.18. The predicted molar refractivity (Wildman–Crippen MR) is 166 cm³/mol. The van der Waals surface area contributed by atoms with Crippen LogP contribution in [0.3, 0.4) is 0 Å². The van der Waals surface area contributed by atoms with E-state index >= 15 is 0 Å². The highest BCUT2D eigenvalue weighted by molar-refractivity contribution is 5.77. The Morgan fingerprint density at radius 1 is 0.698 bits per heavy atom. The smallest absolute Gasteiger partial charge is 0.158 e. The van der Waals surface area contributed by atoms with E-state index in [1.54, 1.807) is 21.3 Å². The molecule has 7 heteroatoms. The van der Waals surface area contributed by atoms with Crippen LogP contribution in [0.4, 0.5) is 0 Å². The number of benzene rings is 4. The topological polar surface area (TPSA) is 75.6 Å². The highest BCUT2D eigenvalue weighted by atomic mass is 16.7. The molecule has 0 amide bonds. The molecule has 7 nitrogen and oxygen atoms in total. The Morgan fingerprint density at radius 2 is 1.44 bits per heavy atom. The van der Waals surface area contributed by atoms with Crippen molar-refractivity contribution in [2.75, 3.05) is 27.9 Å². The zero-order chi connectivity index (χ0) is 30.0. The van der Waals surface area contributed by atoms with Crippen molar-refractivity contribution in [3.63, 3.8) is 0 Å². The second-order valence-corrected chi connectivity index (χ2v) is 10.6. The number of rotatable bonds is 13. The zero-order valence-corrected chi connectivity index (χ0v) is 25.1. The minimum atomic E-state index is -0.152. The second-order valence-electron chi connectivity index (χ2n) is 10.6. The van der Waals surface area contributed by atoms with E-state index in [-0.39, 0.29) is 12.9 Å². The maximum atomic E-state index is 9.53. The molecule has 43 heavy (non-hydrogen) atoms. The number of aryl methyl sites for hydroxylation is 2. The molecule has 4 aromatic rings. The maximum absolute atomic E-state index is 9.53. The highest BCUT2D eigenvalue weighted by Crippen LogP contribution is 2.39. The van der Waals surface area contributed by atoms with Gasteiger partial charge >= 0.3 is 0 Å². The van der Waals surface area contributed by atoms with Crippen LogP contribution >= 0.6 is 0 Å². The first-order chi connectivity index (χ1) is 21.1. The molecule has 1 N–H and O–H groups in total. The molecule has 0 bridgehead atoms. The zero-order valence-electron chi connectivity index (χ0n) is 25.1. The summed E-state index contributed by atoms with van der Waals surface area (Å²) in [5, 5.41) is 9.53. The average Bonchev–Trinajstić information content (AvgIpc) is 3.07. The van der Waals surface area contributed by atoms with Crippen molar-refractivity contribution in [2.24, 2.45) is 0 Å². The number of hydrogen-bond acceptors (Lipinski definition) is 7. The van der Waals surface area contributed by atoms with Crippen LogP contribution in [0.2, 0.25) is 0 Å². The first-order valence-electron chi connectivity index (χ1n) is 14.7. The fraction of sp³-hybridized carbons (Fsp3) is 0.333. The van der Waals surface area contributed by atoms with Gasteiger partial charge in [0, 0.05) is 17.7 Å². The largest absolute Gasteiger partial charge is 0.497 e. The van der Waals surface area contributed by atoms with Crippen LogP contribution in [-0.2, 0) is 35.5 Å². The lowest BCUT2D eigenvalue weighted by molar-refractivity contribution is -0.168. The monoisotopic (exact) mass is 584 g/mol. The quantitative estimate of drug-likeness (QED) is 0.174. The van der Waals surface area contributed by atoms with Gasteiger partial charge in [-0.15, -0.1) is 0 Å². The van der Waals surface area contributed by atoms with Crippen LogP contribution in [0.1, 0.15) is 41.5 Å². The SMILES string of the molecule is COc1ccc(Oc2cccc(CO)c2)c(CCc2ccc(OC)c(-c3cc(COC4CCCCO4)ccc3OC)c2)c1.